The number of hydrogen-bond donors (Lipinski definition) is 1. The van der Waals surface area contributed by atoms with E-state index >= 15 is 0 Å². The average molecular weight is 335 g/mol. The molecule has 0 aliphatic heterocycles. The van der Waals surface area contributed by atoms with E-state index < -0.39 is 11.9 Å². The van der Waals surface area contributed by atoms with Crippen molar-refractivity contribution in [2.24, 2.45) is 0 Å². The van der Waals surface area contributed by atoms with Gasteiger partial charge in [0, 0.05) is 6.54 Å². The SMILES string of the molecule is CCOC(=O)c1nnc(CN(C)Cc2ccc(C(=O)O)cc2)s1. The summed E-state index contributed by atoms with van der Waals surface area (Å²) in [7, 11) is 1.91. The molecule has 0 fully saturated rings. The summed E-state index contributed by atoms with van der Waals surface area (Å²) in [5.74, 6) is -1.39. The summed E-state index contributed by atoms with van der Waals surface area (Å²) >= 11 is 1.21. The molecular formula is C15H17N3O4S. The predicted octanol–water partition coefficient (Wildman–Crippen LogP) is 2.04. The molecule has 122 valence electrons. The first-order chi connectivity index (χ1) is 11.0. The van der Waals surface area contributed by atoms with Crippen molar-refractivity contribution in [1.82, 2.24) is 15.1 Å². The number of benzene rings is 1. The molecule has 0 spiro atoms. The minimum Gasteiger partial charge on any atom is -0.478 e. The van der Waals surface area contributed by atoms with E-state index in [1.54, 1.807) is 31.2 Å². The molecule has 7 nitrogen and oxygen atoms in total. The van der Waals surface area contributed by atoms with Gasteiger partial charge in [-0.3, -0.25) is 4.90 Å². The molecular weight excluding hydrogens is 318 g/mol. The first kappa shape index (κ1) is 17.0. The zero-order chi connectivity index (χ0) is 16.8. The van der Waals surface area contributed by atoms with E-state index in [2.05, 4.69) is 10.2 Å². The highest BCUT2D eigenvalue weighted by Gasteiger charge is 2.14. The van der Waals surface area contributed by atoms with Crippen LogP contribution < -0.4 is 0 Å². The van der Waals surface area contributed by atoms with Crippen LogP contribution in [0, 0.1) is 0 Å². The fraction of sp³-hybridized carbons (Fsp3) is 0.333. The summed E-state index contributed by atoms with van der Waals surface area (Å²) in [4.78, 5) is 24.4. The molecule has 8 heteroatoms. The predicted molar refractivity (Wildman–Crippen MR) is 84.4 cm³/mol. The van der Waals surface area contributed by atoms with E-state index in [0.717, 1.165) is 10.6 Å². The lowest BCUT2D eigenvalue weighted by Gasteiger charge is -2.14. The topological polar surface area (TPSA) is 92.6 Å². The highest BCUT2D eigenvalue weighted by molar-refractivity contribution is 7.13. The third-order valence-electron chi connectivity index (χ3n) is 2.98. The second-order valence-corrected chi connectivity index (χ2v) is 5.96. The van der Waals surface area contributed by atoms with Gasteiger partial charge in [0.1, 0.15) is 5.01 Å². The Kier molecular flexibility index (Phi) is 5.78. The van der Waals surface area contributed by atoms with Crippen LogP contribution in [-0.2, 0) is 17.8 Å². The number of nitrogens with zero attached hydrogens (tertiary/aromatic N) is 3. The van der Waals surface area contributed by atoms with E-state index in [1.807, 2.05) is 11.9 Å². The zero-order valence-corrected chi connectivity index (χ0v) is 13.7. The van der Waals surface area contributed by atoms with Crippen LogP contribution in [0.5, 0.6) is 0 Å². The van der Waals surface area contributed by atoms with Crippen LogP contribution >= 0.6 is 11.3 Å². The molecule has 0 amide bonds. The molecule has 0 saturated heterocycles. The zero-order valence-electron chi connectivity index (χ0n) is 12.9. The molecule has 0 aliphatic rings. The van der Waals surface area contributed by atoms with E-state index in [4.69, 9.17) is 9.84 Å². The van der Waals surface area contributed by atoms with Crippen LogP contribution in [0.4, 0.5) is 0 Å². The lowest BCUT2D eigenvalue weighted by Crippen LogP contribution is -2.17. The molecule has 1 heterocycles. The number of aromatic nitrogens is 2. The maximum Gasteiger partial charge on any atom is 0.369 e. The second kappa shape index (κ2) is 7.80. The molecule has 0 bridgehead atoms. The number of carboxylic acid groups (broad SMARTS) is 1. The summed E-state index contributed by atoms with van der Waals surface area (Å²) in [6, 6.07) is 6.72. The number of hydrogen-bond acceptors (Lipinski definition) is 7. The largest absolute Gasteiger partial charge is 0.478 e. The Balaban J connectivity index is 1.93. The van der Waals surface area contributed by atoms with Crippen molar-refractivity contribution in [3.8, 4) is 0 Å². The molecule has 0 unspecified atom stereocenters. The fourth-order valence-electron chi connectivity index (χ4n) is 1.94. The van der Waals surface area contributed by atoms with Gasteiger partial charge in [0.25, 0.3) is 0 Å². The van der Waals surface area contributed by atoms with E-state index in [9.17, 15) is 9.59 Å². The molecule has 23 heavy (non-hydrogen) atoms. The van der Waals surface area contributed by atoms with Gasteiger partial charge in [0.15, 0.2) is 0 Å². The van der Waals surface area contributed by atoms with Crippen molar-refractivity contribution in [3.05, 3.63) is 45.4 Å². The Morgan fingerprint density at radius 1 is 1.22 bits per heavy atom. The van der Waals surface area contributed by atoms with Gasteiger partial charge in [-0.1, -0.05) is 23.5 Å². The lowest BCUT2D eigenvalue weighted by atomic mass is 10.1. The summed E-state index contributed by atoms with van der Waals surface area (Å²) < 4.78 is 4.88. The molecule has 1 aromatic heterocycles. The molecule has 1 aromatic carbocycles. The van der Waals surface area contributed by atoms with Crippen molar-refractivity contribution < 1.29 is 19.4 Å². The Hall–Kier alpha value is -2.32. The maximum atomic E-state index is 11.5. The van der Waals surface area contributed by atoms with Crippen molar-refractivity contribution in [2.45, 2.75) is 20.0 Å². The number of rotatable bonds is 7. The highest BCUT2D eigenvalue weighted by Crippen LogP contribution is 2.14. The van der Waals surface area contributed by atoms with Gasteiger partial charge in [0.2, 0.25) is 5.01 Å². The van der Waals surface area contributed by atoms with Gasteiger partial charge in [-0.25, -0.2) is 9.59 Å². The molecule has 0 radical (unpaired) electrons. The van der Waals surface area contributed by atoms with Gasteiger partial charge in [-0.2, -0.15) is 0 Å². The van der Waals surface area contributed by atoms with Crippen LogP contribution in [-0.4, -0.2) is 45.8 Å². The third kappa shape index (κ3) is 4.83. The minimum absolute atomic E-state index is 0.251. The molecule has 0 aliphatic carbocycles. The Labute approximate surface area is 137 Å². The van der Waals surface area contributed by atoms with Gasteiger partial charge < -0.3 is 9.84 Å². The number of aromatic carboxylic acids is 1. The van der Waals surface area contributed by atoms with Crippen molar-refractivity contribution in [1.29, 1.82) is 0 Å². The maximum absolute atomic E-state index is 11.5. The van der Waals surface area contributed by atoms with Gasteiger partial charge in [-0.15, -0.1) is 10.2 Å². The highest BCUT2D eigenvalue weighted by atomic mass is 32.1. The van der Waals surface area contributed by atoms with Gasteiger partial charge in [0.05, 0.1) is 18.7 Å². The summed E-state index contributed by atoms with van der Waals surface area (Å²) in [5.41, 5.74) is 1.26. The first-order valence-corrected chi connectivity index (χ1v) is 7.81. The molecule has 0 saturated carbocycles. The molecule has 2 rings (SSSR count). The van der Waals surface area contributed by atoms with Crippen LogP contribution in [0.3, 0.4) is 0 Å². The monoisotopic (exact) mass is 335 g/mol. The normalized spacial score (nSPS) is 10.7. The van der Waals surface area contributed by atoms with Gasteiger partial charge in [-0.05, 0) is 31.7 Å². The standard InChI is InChI=1S/C15H17N3O4S/c1-3-22-15(21)13-17-16-12(23-13)9-18(2)8-10-4-6-11(7-5-10)14(19)20/h4-7H,3,8-9H2,1-2H3,(H,19,20). The number of carbonyl (C=O) groups is 2. The lowest BCUT2D eigenvalue weighted by molar-refractivity contribution is 0.0524. The number of ether oxygens (including phenoxy) is 1. The number of carbonyl (C=O) groups excluding carboxylic acids is 1. The van der Waals surface area contributed by atoms with E-state index in [-0.39, 0.29) is 10.6 Å². The number of esters is 1. The summed E-state index contributed by atoms with van der Waals surface area (Å²) in [5, 5.41) is 17.7. The van der Waals surface area contributed by atoms with Crippen LogP contribution in [0.1, 0.15) is 37.7 Å². The fourth-order valence-corrected chi connectivity index (χ4v) is 2.76. The third-order valence-corrected chi connectivity index (χ3v) is 3.86. The van der Waals surface area contributed by atoms with Crippen molar-refractivity contribution >= 4 is 23.3 Å². The summed E-state index contributed by atoms with van der Waals surface area (Å²) in [6.45, 7) is 3.22. The van der Waals surface area contributed by atoms with Crippen molar-refractivity contribution in [3.63, 3.8) is 0 Å². The Morgan fingerprint density at radius 3 is 2.52 bits per heavy atom. The molecule has 2 aromatic rings. The average Bonchev–Trinajstić information content (AvgIpc) is 2.96. The van der Waals surface area contributed by atoms with Gasteiger partial charge >= 0.3 is 11.9 Å². The smallest absolute Gasteiger partial charge is 0.369 e. The summed E-state index contributed by atoms with van der Waals surface area (Å²) in [6.07, 6.45) is 0. The Bertz CT molecular complexity index is 684. The first-order valence-electron chi connectivity index (χ1n) is 7.00. The van der Waals surface area contributed by atoms with E-state index in [1.165, 1.54) is 11.3 Å². The second-order valence-electron chi connectivity index (χ2n) is 4.90. The molecule has 1 N–H and O–H groups in total. The quantitative estimate of drug-likeness (QED) is 0.774. The van der Waals surface area contributed by atoms with Crippen molar-refractivity contribution in [2.75, 3.05) is 13.7 Å². The van der Waals surface area contributed by atoms with Crippen LogP contribution in [0.2, 0.25) is 0 Å². The number of carboxylic acids is 1. The van der Waals surface area contributed by atoms with Crippen LogP contribution in [0.25, 0.3) is 0 Å². The van der Waals surface area contributed by atoms with E-state index in [0.29, 0.717) is 19.7 Å². The van der Waals surface area contributed by atoms with Crippen LogP contribution in [0.15, 0.2) is 24.3 Å². The Morgan fingerprint density at radius 2 is 1.91 bits per heavy atom. The molecule has 0 atom stereocenters. The minimum atomic E-state index is -0.940.